The third-order valence-corrected chi connectivity index (χ3v) is 1.36. The first-order chi connectivity index (χ1) is 3.66. The average Bonchev–Trinajstić information content (AvgIpc) is 1.65. The van der Waals surface area contributed by atoms with Gasteiger partial charge >= 0.3 is 0 Å². The van der Waals surface area contributed by atoms with Gasteiger partial charge in [-0.15, -0.1) is 0 Å². The molecule has 0 aromatic carbocycles. The molecule has 0 aliphatic rings. The standard InChI is InChI=1S/C4H9NO2Si/c1-7-4(8)2-3(5)6/h2H,1,8H3,(H2,5,6). The molecule has 2 N–H and O–H groups in total. The van der Waals surface area contributed by atoms with Gasteiger partial charge in [-0.2, -0.15) is 0 Å². The predicted molar refractivity (Wildman–Crippen MR) is 34.2 cm³/mol. The number of amides is 1. The summed E-state index contributed by atoms with van der Waals surface area (Å²) in [6.07, 6.45) is 1.28. The topological polar surface area (TPSA) is 52.3 Å². The largest absolute Gasteiger partial charge is 0.507 e. The first kappa shape index (κ1) is 7.23. The van der Waals surface area contributed by atoms with Crippen molar-refractivity contribution in [2.45, 2.75) is 0 Å². The minimum atomic E-state index is -0.447. The van der Waals surface area contributed by atoms with Gasteiger partial charge in [0.1, 0.15) is 0 Å². The number of carbonyl (C=O) groups is 1. The van der Waals surface area contributed by atoms with Gasteiger partial charge in [-0.25, -0.2) is 0 Å². The summed E-state index contributed by atoms with van der Waals surface area (Å²) in [6.45, 7) is 0. The predicted octanol–water partition coefficient (Wildman–Crippen LogP) is -1.68. The average molecular weight is 131 g/mol. The molecule has 0 spiro atoms. The molecule has 0 aliphatic heterocycles. The van der Waals surface area contributed by atoms with E-state index in [4.69, 9.17) is 5.73 Å². The lowest BCUT2D eigenvalue weighted by Crippen LogP contribution is -2.07. The summed E-state index contributed by atoms with van der Waals surface area (Å²) in [7, 11) is 2.24. The summed E-state index contributed by atoms with van der Waals surface area (Å²) in [6, 6.07) is 0. The first-order valence-electron chi connectivity index (χ1n) is 2.18. The molecule has 0 saturated heterocycles. The van der Waals surface area contributed by atoms with E-state index in [0.29, 0.717) is 5.38 Å². The molecule has 4 heteroatoms. The fourth-order valence-electron chi connectivity index (χ4n) is 0.259. The maximum Gasteiger partial charge on any atom is 0.244 e. The summed E-state index contributed by atoms with van der Waals surface area (Å²) >= 11 is 0. The highest BCUT2D eigenvalue weighted by molar-refractivity contribution is 6.22. The molecular weight excluding hydrogens is 122 g/mol. The van der Waals surface area contributed by atoms with E-state index in [-0.39, 0.29) is 0 Å². The van der Waals surface area contributed by atoms with Crippen LogP contribution in [0.3, 0.4) is 0 Å². The molecule has 0 bridgehead atoms. The van der Waals surface area contributed by atoms with Crippen LogP contribution in [0.5, 0.6) is 0 Å². The second-order valence-electron chi connectivity index (χ2n) is 1.36. The number of primary amides is 1. The molecule has 0 aliphatic carbocycles. The minimum absolute atomic E-state index is 0.447. The molecule has 0 fully saturated rings. The van der Waals surface area contributed by atoms with E-state index >= 15 is 0 Å². The van der Waals surface area contributed by atoms with Gasteiger partial charge in [-0.1, -0.05) is 0 Å². The summed E-state index contributed by atoms with van der Waals surface area (Å²) < 4.78 is 4.68. The number of hydrogen-bond donors (Lipinski definition) is 1. The lowest BCUT2D eigenvalue weighted by atomic mass is 10.6. The summed E-state index contributed by atoms with van der Waals surface area (Å²) in [5.41, 5.74) is 4.80. The maximum atomic E-state index is 10.1. The Morgan fingerprint density at radius 1 is 1.88 bits per heavy atom. The number of methoxy groups -OCH3 is 1. The highest BCUT2D eigenvalue weighted by atomic mass is 28.1. The molecule has 46 valence electrons. The second kappa shape index (κ2) is 3.26. The van der Waals surface area contributed by atoms with Crippen LogP contribution in [0, 0.1) is 0 Å². The van der Waals surface area contributed by atoms with E-state index in [1.54, 1.807) is 0 Å². The van der Waals surface area contributed by atoms with Crippen molar-refractivity contribution in [3.8, 4) is 0 Å². The van der Waals surface area contributed by atoms with Gasteiger partial charge in [0.2, 0.25) is 5.91 Å². The number of hydrogen-bond acceptors (Lipinski definition) is 2. The van der Waals surface area contributed by atoms with Gasteiger partial charge in [0.05, 0.1) is 22.7 Å². The van der Waals surface area contributed by atoms with Crippen LogP contribution < -0.4 is 5.73 Å². The molecular formula is C4H9NO2Si. The van der Waals surface area contributed by atoms with Crippen molar-refractivity contribution in [3.05, 3.63) is 11.5 Å². The van der Waals surface area contributed by atoms with Gasteiger partial charge in [-0.3, -0.25) is 4.79 Å². The lowest BCUT2D eigenvalue weighted by molar-refractivity contribution is -0.113. The molecule has 0 saturated carbocycles. The van der Waals surface area contributed by atoms with E-state index in [1.165, 1.54) is 13.2 Å². The van der Waals surface area contributed by atoms with Crippen LogP contribution >= 0.6 is 0 Å². The Bertz CT molecular complexity index is 121. The fraction of sp³-hybridized carbons (Fsp3) is 0.250. The highest BCUT2D eigenvalue weighted by Crippen LogP contribution is 1.83. The molecule has 3 nitrogen and oxygen atoms in total. The first-order valence-corrected chi connectivity index (χ1v) is 3.18. The van der Waals surface area contributed by atoms with E-state index in [1.807, 2.05) is 0 Å². The minimum Gasteiger partial charge on any atom is -0.507 e. The molecule has 0 heterocycles. The van der Waals surface area contributed by atoms with Crippen LogP contribution in [0.25, 0.3) is 0 Å². The SMILES string of the molecule is COC([SiH3])=CC(N)=O. The molecule has 0 aromatic heterocycles. The maximum absolute atomic E-state index is 10.1. The summed E-state index contributed by atoms with van der Waals surface area (Å²) in [4.78, 5) is 10.1. The fourth-order valence-corrected chi connectivity index (χ4v) is 0.544. The zero-order valence-corrected chi connectivity index (χ0v) is 6.97. The third-order valence-electron chi connectivity index (χ3n) is 0.667. The van der Waals surface area contributed by atoms with Crippen LogP contribution in [0.1, 0.15) is 0 Å². The van der Waals surface area contributed by atoms with Crippen LogP contribution in [0.2, 0.25) is 0 Å². The van der Waals surface area contributed by atoms with Crippen molar-refractivity contribution in [2.75, 3.05) is 7.11 Å². The van der Waals surface area contributed by atoms with E-state index < -0.39 is 5.91 Å². The Labute approximate surface area is 50.9 Å². The third kappa shape index (κ3) is 3.42. The summed E-state index contributed by atoms with van der Waals surface area (Å²) in [5, 5.41) is 0.664. The van der Waals surface area contributed by atoms with Gasteiger partial charge < -0.3 is 10.5 Å². The number of rotatable bonds is 2. The monoisotopic (exact) mass is 131 g/mol. The van der Waals surface area contributed by atoms with Crippen molar-refractivity contribution >= 4 is 16.1 Å². The highest BCUT2D eigenvalue weighted by Gasteiger charge is 1.86. The summed E-state index contributed by atoms with van der Waals surface area (Å²) in [5.74, 6) is -0.447. The van der Waals surface area contributed by atoms with Crippen LogP contribution in [-0.4, -0.2) is 23.3 Å². The van der Waals surface area contributed by atoms with E-state index in [9.17, 15) is 4.79 Å². The number of ether oxygens (including phenoxy) is 1. The molecule has 8 heavy (non-hydrogen) atoms. The molecule has 1 amide bonds. The van der Waals surface area contributed by atoms with Crippen molar-refractivity contribution in [1.82, 2.24) is 0 Å². The van der Waals surface area contributed by atoms with Crippen LogP contribution in [0.15, 0.2) is 11.5 Å². The molecule has 0 unspecified atom stereocenters. The zero-order valence-electron chi connectivity index (χ0n) is 4.97. The van der Waals surface area contributed by atoms with Gasteiger partial charge in [-0.05, 0) is 0 Å². The van der Waals surface area contributed by atoms with Gasteiger partial charge in [0, 0.05) is 6.08 Å². The quantitative estimate of drug-likeness (QED) is 0.276. The molecule has 0 rings (SSSR count). The molecule has 0 aromatic rings. The Morgan fingerprint density at radius 2 is 2.38 bits per heavy atom. The van der Waals surface area contributed by atoms with Gasteiger partial charge in [0.25, 0.3) is 0 Å². The van der Waals surface area contributed by atoms with E-state index in [0.717, 1.165) is 10.2 Å². The van der Waals surface area contributed by atoms with Crippen molar-refractivity contribution in [3.63, 3.8) is 0 Å². The lowest BCUT2D eigenvalue weighted by Gasteiger charge is -1.93. The number of nitrogens with two attached hydrogens (primary N) is 1. The Balaban J connectivity index is 3.75. The Hall–Kier alpha value is -0.773. The van der Waals surface area contributed by atoms with Crippen LogP contribution in [0.4, 0.5) is 0 Å². The second-order valence-corrected chi connectivity index (χ2v) is 2.35. The Kier molecular flexibility index (Phi) is 2.94. The normalized spacial score (nSPS) is 11.4. The van der Waals surface area contributed by atoms with Crippen molar-refractivity contribution in [2.24, 2.45) is 5.73 Å². The van der Waals surface area contributed by atoms with Crippen LogP contribution in [-0.2, 0) is 9.53 Å². The molecule has 0 radical (unpaired) electrons. The smallest absolute Gasteiger partial charge is 0.244 e. The number of carbonyl (C=O) groups excluding carboxylic acids is 1. The Morgan fingerprint density at radius 3 is 2.50 bits per heavy atom. The van der Waals surface area contributed by atoms with Crippen molar-refractivity contribution < 1.29 is 9.53 Å². The van der Waals surface area contributed by atoms with Crippen molar-refractivity contribution in [1.29, 1.82) is 0 Å². The van der Waals surface area contributed by atoms with Gasteiger partial charge in [0.15, 0.2) is 0 Å². The molecule has 0 atom stereocenters. The zero-order chi connectivity index (χ0) is 6.57. The van der Waals surface area contributed by atoms with E-state index in [2.05, 4.69) is 4.74 Å².